The van der Waals surface area contributed by atoms with Gasteiger partial charge in [-0.1, -0.05) is 24.3 Å². The normalized spacial score (nSPS) is 11.3. The summed E-state index contributed by atoms with van der Waals surface area (Å²) in [6.45, 7) is -0.0620. The average Bonchev–Trinajstić information content (AvgIpc) is 3.35. The Balaban J connectivity index is 1.35. The van der Waals surface area contributed by atoms with E-state index in [1.807, 2.05) is 12.1 Å². The summed E-state index contributed by atoms with van der Waals surface area (Å²) in [4.78, 5) is 36.8. The maximum absolute atomic E-state index is 12.8. The zero-order valence-corrected chi connectivity index (χ0v) is 18.7. The Morgan fingerprint density at radius 2 is 1.61 bits per heavy atom. The minimum absolute atomic E-state index is 0.0620. The predicted octanol–water partition coefficient (Wildman–Crippen LogP) is 3.97. The predicted molar refractivity (Wildman–Crippen MR) is 134 cm³/mol. The van der Waals surface area contributed by atoms with Gasteiger partial charge in [0.1, 0.15) is 29.4 Å². The molecule has 2 aromatic heterocycles. The van der Waals surface area contributed by atoms with Crippen LogP contribution in [0.4, 0.5) is 0 Å². The number of aromatic nitrogens is 1. The fourth-order valence-electron chi connectivity index (χ4n) is 4.03. The Kier molecular flexibility index (Phi) is 5.79. The number of aromatic carboxylic acids is 1. The van der Waals surface area contributed by atoms with Crippen LogP contribution in [0.15, 0.2) is 93.2 Å². The summed E-state index contributed by atoms with van der Waals surface area (Å²) in [5, 5.41) is 23.9. The molecule has 0 spiro atoms. The van der Waals surface area contributed by atoms with Crippen LogP contribution in [-0.4, -0.2) is 32.9 Å². The Labute approximate surface area is 203 Å². The van der Waals surface area contributed by atoms with E-state index >= 15 is 0 Å². The first-order valence-electron chi connectivity index (χ1n) is 10.9. The summed E-state index contributed by atoms with van der Waals surface area (Å²) in [5.41, 5.74) is 3.89. The van der Waals surface area contributed by atoms with E-state index in [-0.39, 0.29) is 23.3 Å². The third kappa shape index (κ3) is 4.21. The van der Waals surface area contributed by atoms with Crippen molar-refractivity contribution in [2.24, 2.45) is 5.10 Å². The lowest BCUT2D eigenvalue weighted by Gasteiger charge is -2.14. The number of hydrogen-bond donors (Lipinski definition) is 3. The van der Waals surface area contributed by atoms with Crippen LogP contribution in [0.2, 0.25) is 0 Å². The number of hydrazone groups is 1. The molecule has 1 amide bonds. The first-order valence-corrected chi connectivity index (χ1v) is 10.9. The zero-order valence-electron chi connectivity index (χ0n) is 18.7. The molecule has 178 valence electrons. The molecule has 2 heterocycles. The van der Waals surface area contributed by atoms with Crippen molar-refractivity contribution in [3.63, 3.8) is 0 Å². The van der Waals surface area contributed by atoms with Crippen LogP contribution in [0.25, 0.3) is 33.1 Å². The number of carboxylic acid groups (broad SMARTS) is 1. The molecule has 0 fully saturated rings. The molecule has 0 radical (unpaired) electrons. The number of rotatable bonds is 6. The molecular formula is C27H19N3O6. The summed E-state index contributed by atoms with van der Waals surface area (Å²) >= 11 is 0. The minimum Gasteiger partial charge on any atom is -0.507 e. The maximum atomic E-state index is 12.8. The van der Waals surface area contributed by atoms with Crippen LogP contribution in [-0.2, 0) is 11.3 Å². The number of amides is 1. The molecule has 0 aliphatic carbocycles. The van der Waals surface area contributed by atoms with Crippen molar-refractivity contribution in [1.29, 1.82) is 0 Å². The number of nitrogens with one attached hydrogen (secondary N) is 1. The van der Waals surface area contributed by atoms with Crippen LogP contribution in [0.5, 0.6) is 5.75 Å². The molecule has 0 aliphatic rings. The maximum Gasteiger partial charge on any atom is 0.339 e. The highest BCUT2D eigenvalue weighted by Crippen LogP contribution is 2.27. The van der Waals surface area contributed by atoms with Crippen molar-refractivity contribution < 1.29 is 24.2 Å². The molecule has 0 unspecified atom stereocenters. The van der Waals surface area contributed by atoms with Gasteiger partial charge in [-0.3, -0.25) is 9.59 Å². The number of carbonyl (C=O) groups is 2. The van der Waals surface area contributed by atoms with Gasteiger partial charge < -0.3 is 19.2 Å². The zero-order chi connectivity index (χ0) is 25.2. The summed E-state index contributed by atoms with van der Waals surface area (Å²) in [7, 11) is 0. The highest BCUT2D eigenvalue weighted by molar-refractivity contribution is 5.95. The molecule has 0 atom stereocenters. The molecular weight excluding hydrogens is 462 g/mol. The van der Waals surface area contributed by atoms with E-state index in [1.54, 1.807) is 53.1 Å². The Morgan fingerprint density at radius 1 is 0.944 bits per heavy atom. The van der Waals surface area contributed by atoms with Crippen LogP contribution >= 0.6 is 0 Å². The van der Waals surface area contributed by atoms with E-state index < -0.39 is 11.9 Å². The SMILES string of the molecule is O=C(Cn1c2ccccc2c(=O)c2ccccc21)N/N=C/c1ccc(-c2ccc(O)c(C(=O)O)c2)o1. The number of para-hydroxylation sites is 2. The number of phenols is 1. The number of carbonyl (C=O) groups excluding carboxylic acids is 1. The van der Waals surface area contributed by atoms with Gasteiger partial charge in [0.05, 0.1) is 17.2 Å². The van der Waals surface area contributed by atoms with Gasteiger partial charge in [0, 0.05) is 16.3 Å². The smallest absolute Gasteiger partial charge is 0.339 e. The summed E-state index contributed by atoms with van der Waals surface area (Å²) in [6, 6.07) is 21.6. The van der Waals surface area contributed by atoms with Gasteiger partial charge in [0.15, 0.2) is 5.43 Å². The third-order valence-corrected chi connectivity index (χ3v) is 5.70. The second kappa shape index (κ2) is 9.22. The molecule has 9 heteroatoms. The fraction of sp³-hybridized carbons (Fsp3) is 0.0370. The van der Waals surface area contributed by atoms with E-state index in [2.05, 4.69) is 10.5 Å². The second-order valence-electron chi connectivity index (χ2n) is 7.98. The fourth-order valence-corrected chi connectivity index (χ4v) is 4.03. The van der Waals surface area contributed by atoms with Crippen molar-refractivity contribution in [1.82, 2.24) is 9.99 Å². The first-order chi connectivity index (χ1) is 17.4. The molecule has 0 aliphatic heterocycles. The molecule has 5 aromatic rings. The van der Waals surface area contributed by atoms with Gasteiger partial charge in [0.2, 0.25) is 0 Å². The highest BCUT2D eigenvalue weighted by atomic mass is 16.4. The lowest BCUT2D eigenvalue weighted by Crippen LogP contribution is -2.25. The summed E-state index contributed by atoms with van der Waals surface area (Å²) < 4.78 is 7.43. The number of benzene rings is 3. The quantitative estimate of drug-likeness (QED) is 0.191. The molecule has 0 bridgehead atoms. The van der Waals surface area contributed by atoms with Crippen LogP contribution in [0.3, 0.4) is 0 Å². The Bertz CT molecular complexity index is 1670. The van der Waals surface area contributed by atoms with Crippen molar-refractivity contribution >= 4 is 39.9 Å². The lowest BCUT2D eigenvalue weighted by atomic mass is 10.1. The molecule has 3 aromatic carbocycles. The monoisotopic (exact) mass is 481 g/mol. The molecule has 36 heavy (non-hydrogen) atoms. The van der Waals surface area contributed by atoms with Crippen LogP contribution < -0.4 is 10.9 Å². The number of fused-ring (bicyclic) bond motifs is 2. The Morgan fingerprint density at radius 3 is 2.28 bits per heavy atom. The number of pyridine rings is 1. The van der Waals surface area contributed by atoms with Crippen molar-refractivity contribution in [2.75, 3.05) is 0 Å². The number of hydrogen-bond acceptors (Lipinski definition) is 6. The topological polar surface area (TPSA) is 134 Å². The third-order valence-electron chi connectivity index (χ3n) is 5.70. The molecule has 3 N–H and O–H groups in total. The van der Waals surface area contributed by atoms with E-state index in [0.29, 0.717) is 38.9 Å². The number of carboxylic acids is 1. The largest absolute Gasteiger partial charge is 0.507 e. The van der Waals surface area contributed by atoms with E-state index in [4.69, 9.17) is 4.42 Å². The van der Waals surface area contributed by atoms with Gasteiger partial charge in [-0.2, -0.15) is 5.10 Å². The summed E-state index contributed by atoms with van der Waals surface area (Å²) in [6.07, 6.45) is 1.32. The molecule has 5 rings (SSSR count). The van der Waals surface area contributed by atoms with Gasteiger partial charge in [-0.05, 0) is 54.6 Å². The average molecular weight is 481 g/mol. The minimum atomic E-state index is -1.26. The van der Waals surface area contributed by atoms with E-state index in [9.17, 15) is 24.6 Å². The van der Waals surface area contributed by atoms with E-state index in [0.717, 1.165) is 0 Å². The molecule has 9 nitrogen and oxygen atoms in total. The second-order valence-corrected chi connectivity index (χ2v) is 7.98. The number of furan rings is 1. The standard InChI is InChI=1S/C27H19N3O6/c31-23-11-9-16(13-20(23)27(34)35)24-12-10-17(36-24)14-28-29-25(32)15-30-21-7-3-1-5-18(21)26(33)19-6-2-4-8-22(19)30/h1-14,31H,15H2,(H,29,32)(H,34,35)/b28-14+. The van der Waals surface area contributed by atoms with Crippen molar-refractivity contribution in [3.8, 4) is 17.1 Å². The first kappa shape index (κ1) is 22.6. The van der Waals surface area contributed by atoms with E-state index in [1.165, 1.54) is 24.4 Å². The van der Waals surface area contributed by atoms with Gasteiger partial charge >= 0.3 is 5.97 Å². The van der Waals surface area contributed by atoms with Gasteiger partial charge in [-0.25, -0.2) is 10.2 Å². The lowest BCUT2D eigenvalue weighted by molar-refractivity contribution is -0.121. The molecule has 0 saturated heterocycles. The number of aromatic hydroxyl groups is 1. The van der Waals surface area contributed by atoms with Gasteiger partial charge in [0.25, 0.3) is 5.91 Å². The number of nitrogens with zero attached hydrogens (tertiary/aromatic N) is 2. The van der Waals surface area contributed by atoms with Crippen molar-refractivity contribution in [3.05, 3.63) is 100 Å². The van der Waals surface area contributed by atoms with Crippen LogP contribution in [0, 0.1) is 0 Å². The molecule has 0 saturated carbocycles. The Hall–Kier alpha value is -5.18. The highest BCUT2D eigenvalue weighted by Gasteiger charge is 2.14. The van der Waals surface area contributed by atoms with Gasteiger partial charge in [-0.15, -0.1) is 0 Å². The van der Waals surface area contributed by atoms with Crippen molar-refractivity contribution in [2.45, 2.75) is 6.54 Å². The van der Waals surface area contributed by atoms with Crippen LogP contribution in [0.1, 0.15) is 16.1 Å². The summed E-state index contributed by atoms with van der Waals surface area (Å²) in [5.74, 6) is -1.30.